The number of hydrazone groups is 1. The molecule has 2 amide bonds. The van der Waals surface area contributed by atoms with Crippen LogP contribution in [0.5, 0.6) is 5.75 Å². The number of carbonyl (C=O) groups is 2. The Balaban J connectivity index is 1.98. The summed E-state index contributed by atoms with van der Waals surface area (Å²) in [5.74, 6) is -0.932. The highest BCUT2D eigenvalue weighted by Gasteiger charge is 2.15. The lowest BCUT2D eigenvalue weighted by atomic mass is 10.1. The third-order valence-corrected chi connectivity index (χ3v) is 3.68. The van der Waals surface area contributed by atoms with Gasteiger partial charge in [-0.25, -0.2) is 5.43 Å². The van der Waals surface area contributed by atoms with Crippen LogP contribution in [0.4, 0.5) is 5.69 Å². The van der Waals surface area contributed by atoms with Crippen LogP contribution in [0.3, 0.4) is 0 Å². The van der Waals surface area contributed by atoms with Gasteiger partial charge in [0.1, 0.15) is 5.75 Å². The number of ether oxygens (including phenoxy) is 1. The zero-order valence-electron chi connectivity index (χ0n) is 15.2. The fraction of sp³-hybridized carbons (Fsp3) is 0.250. The van der Waals surface area contributed by atoms with E-state index in [9.17, 15) is 9.59 Å². The van der Waals surface area contributed by atoms with Crippen LogP contribution in [0.2, 0.25) is 0 Å². The summed E-state index contributed by atoms with van der Waals surface area (Å²) in [6.45, 7) is 6.35. The van der Waals surface area contributed by atoms with Crippen molar-refractivity contribution < 1.29 is 14.3 Å². The van der Waals surface area contributed by atoms with E-state index in [0.29, 0.717) is 18.0 Å². The predicted octanol–water partition coefficient (Wildman–Crippen LogP) is 3.18. The molecule has 0 spiro atoms. The van der Waals surface area contributed by atoms with Crippen molar-refractivity contribution >= 4 is 23.7 Å². The molecule has 0 atom stereocenters. The van der Waals surface area contributed by atoms with Crippen molar-refractivity contribution in [2.24, 2.45) is 5.10 Å². The van der Waals surface area contributed by atoms with Gasteiger partial charge in [-0.05, 0) is 43.5 Å². The van der Waals surface area contributed by atoms with E-state index in [1.807, 2.05) is 63.2 Å². The van der Waals surface area contributed by atoms with Crippen LogP contribution >= 0.6 is 0 Å². The van der Waals surface area contributed by atoms with Gasteiger partial charge in [0.15, 0.2) is 0 Å². The summed E-state index contributed by atoms with van der Waals surface area (Å²) in [7, 11) is 0. The molecule has 0 saturated carbocycles. The van der Waals surface area contributed by atoms with Gasteiger partial charge in [-0.2, -0.15) is 5.10 Å². The van der Waals surface area contributed by atoms with Gasteiger partial charge in [-0.3, -0.25) is 9.59 Å². The van der Waals surface area contributed by atoms with Gasteiger partial charge in [0, 0.05) is 11.3 Å². The SMILES string of the molecule is CCCOc1ccccc1/C=N\NC(=O)C(=O)Nc1c(C)cccc1C. The molecule has 136 valence electrons. The minimum atomic E-state index is -0.837. The van der Waals surface area contributed by atoms with Crippen LogP contribution in [0.25, 0.3) is 0 Å². The molecule has 6 nitrogen and oxygen atoms in total. The first-order valence-corrected chi connectivity index (χ1v) is 8.45. The van der Waals surface area contributed by atoms with Gasteiger partial charge < -0.3 is 10.1 Å². The molecule has 0 bridgehead atoms. The van der Waals surface area contributed by atoms with Crippen molar-refractivity contribution in [1.29, 1.82) is 0 Å². The Morgan fingerprint density at radius 2 is 1.73 bits per heavy atom. The number of para-hydroxylation sites is 2. The number of aryl methyl sites for hydroxylation is 2. The van der Waals surface area contributed by atoms with Crippen LogP contribution in [-0.4, -0.2) is 24.6 Å². The molecule has 0 unspecified atom stereocenters. The lowest BCUT2D eigenvalue weighted by molar-refractivity contribution is -0.136. The highest BCUT2D eigenvalue weighted by atomic mass is 16.5. The van der Waals surface area contributed by atoms with Crippen LogP contribution in [0.15, 0.2) is 47.6 Å². The Morgan fingerprint density at radius 3 is 2.42 bits per heavy atom. The van der Waals surface area contributed by atoms with Crippen LogP contribution in [0.1, 0.15) is 30.0 Å². The summed E-state index contributed by atoms with van der Waals surface area (Å²) in [5.41, 5.74) is 5.36. The van der Waals surface area contributed by atoms with Gasteiger partial charge in [0.05, 0.1) is 12.8 Å². The second-order valence-corrected chi connectivity index (χ2v) is 5.81. The van der Waals surface area contributed by atoms with E-state index in [4.69, 9.17) is 4.74 Å². The van der Waals surface area contributed by atoms with E-state index in [1.54, 1.807) is 0 Å². The Hall–Kier alpha value is -3.15. The summed E-state index contributed by atoms with van der Waals surface area (Å²) in [4.78, 5) is 24.0. The highest BCUT2D eigenvalue weighted by Crippen LogP contribution is 2.19. The third kappa shape index (κ3) is 5.17. The molecule has 0 radical (unpaired) electrons. The van der Waals surface area contributed by atoms with Crippen molar-refractivity contribution in [3.8, 4) is 5.75 Å². The maximum absolute atomic E-state index is 12.0. The summed E-state index contributed by atoms with van der Waals surface area (Å²) < 4.78 is 5.61. The third-order valence-electron chi connectivity index (χ3n) is 3.68. The number of nitrogens with zero attached hydrogens (tertiary/aromatic N) is 1. The van der Waals surface area contributed by atoms with E-state index in [2.05, 4.69) is 15.8 Å². The van der Waals surface area contributed by atoms with E-state index in [-0.39, 0.29) is 0 Å². The molecule has 0 heterocycles. The van der Waals surface area contributed by atoms with E-state index < -0.39 is 11.8 Å². The van der Waals surface area contributed by atoms with Crippen LogP contribution in [-0.2, 0) is 9.59 Å². The number of nitrogens with one attached hydrogen (secondary N) is 2. The number of benzene rings is 2. The highest BCUT2D eigenvalue weighted by molar-refractivity contribution is 6.39. The molecule has 0 aliphatic heterocycles. The van der Waals surface area contributed by atoms with Gasteiger partial charge in [-0.1, -0.05) is 37.3 Å². The number of carbonyl (C=O) groups excluding carboxylic acids is 2. The quantitative estimate of drug-likeness (QED) is 0.475. The molecule has 26 heavy (non-hydrogen) atoms. The zero-order valence-corrected chi connectivity index (χ0v) is 15.2. The zero-order chi connectivity index (χ0) is 18.9. The van der Waals surface area contributed by atoms with E-state index in [0.717, 1.165) is 23.1 Å². The molecule has 0 aliphatic rings. The lowest BCUT2D eigenvalue weighted by Crippen LogP contribution is -2.32. The number of anilines is 1. The first-order valence-electron chi connectivity index (χ1n) is 8.45. The number of rotatable bonds is 6. The summed E-state index contributed by atoms with van der Waals surface area (Å²) in [5, 5.41) is 6.47. The molecule has 0 aromatic heterocycles. The Morgan fingerprint density at radius 1 is 1.04 bits per heavy atom. The van der Waals surface area contributed by atoms with Gasteiger partial charge in [-0.15, -0.1) is 0 Å². The average Bonchev–Trinajstić information content (AvgIpc) is 2.63. The Labute approximate surface area is 153 Å². The predicted molar refractivity (Wildman–Crippen MR) is 103 cm³/mol. The standard InChI is InChI=1S/C20H23N3O3/c1-4-12-26-17-11-6-5-10-16(17)13-21-23-20(25)19(24)22-18-14(2)8-7-9-15(18)3/h5-11,13H,4,12H2,1-3H3,(H,22,24)(H,23,25)/b21-13-. The molecule has 0 aliphatic carbocycles. The maximum Gasteiger partial charge on any atom is 0.329 e. The number of hydrogen-bond acceptors (Lipinski definition) is 4. The second-order valence-electron chi connectivity index (χ2n) is 5.81. The fourth-order valence-corrected chi connectivity index (χ4v) is 2.32. The normalized spacial score (nSPS) is 10.6. The molecule has 6 heteroatoms. The smallest absolute Gasteiger partial charge is 0.329 e. The average molecular weight is 353 g/mol. The number of hydrogen-bond donors (Lipinski definition) is 2. The summed E-state index contributed by atoms with van der Waals surface area (Å²) in [6, 6.07) is 13.0. The van der Waals surface area contributed by atoms with Crippen molar-refractivity contribution in [3.05, 3.63) is 59.2 Å². The molecular formula is C20H23N3O3. The van der Waals surface area contributed by atoms with Gasteiger partial charge >= 0.3 is 11.8 Å². The van der Waals surface area contributed by atoms with Crippen molar-refractivity contribution in [2.75, 3.05) is 11.9 Å². The van der Waals surface area contributed by atoms with Crippen LogP contribution < -0.4 is 15.5 Å². The molecule has 2 rings (SSSR count). The van der Waals surface area contributed by atoms with Crippen LogP contribution in [0, 0.1) is 13.8 Å². The van der Waals surface area contributed by atoms with Crippen molar-refractivity contribution in [1.82, 2.24) is 5.43 Å². The molecule has 2 N–H and O–H groups in total. The molecule has 0 fully saturated rings. The second kappa shape index (κ2) is 9.36. The Bertz CT molecular complexity index is 795. The number of amides is 2. The lowest BCUT2D eigenvalue weighted by Gasteiger charge is -2.10. The Kier molecular flexibility index (Phi) is 6.91. The topological polar surface area (TPSA) is 79.8 Å². The minimum absolute atomic E-state index is 0.593. The van der Waals surface area contributed by atoms with Crippen molar-refractivity contribution in [2.45, 2.75) is 27.2 Å². The molecular weight excluding hydrogens is 330 g/mol. The van der Waals surface area contributed by atoms with Gasteiger partial charge in [0.25, 0.3) is 0 Å². The monoisotopic (exact) mass is 353 g/mol. The minimum Gasteiger partial charge on any atom is -0.493 e. The first kappa shape index (κ1) is 19.2. The van der Waals surface area contributed by atoms with Gasteiger partial charge in [0.2, 0.25) is 0 Å². The molecule has 2 aromatic rings. The van der Waals surface area contributed by atoms with Crippen molar-refractivity contribution in [3.63, 3.8) is 0 Å². The van der Waals surface area contributed by atoms with E-state index >= 15 is 0 Å². The molecule has 2 aromatic carbocycles. The largest absolute Gasteiger partial charge is 0.493 e. The molecule has 0 saturated heterocycles. The summed E-state index contributed by atoms with van der Waals surface area (Å²) >= 11 is 0. The van der Waals surface area contributed by atoms with E-state index in [1.165, 1.54) is 6.21 Å². The first-order chi connectivity index (χ1) is 12.5. The summed E-state index contributed by atoms with van der Waals surface area (Å²) in [6.07, 6.45) is 2.34. The maximum atomic E-state index is 12.0. The fourth-order valence-electron chi connectivity index (χ4n) is 2.32.